The molecule has 2 aromatic carbocycles. The third kappa shape index (κ3) is 6.67. The molecule has 0 spiro atoms. The van der Waals surface area contributed by atoms with Gasteiger partial charge in [0.15, 0.2) is 4.34 Å². The molecule has 0 bridgehead atoms. The summed E-state index contributed by atoms with van der Waals surface area (Å²) >= 11 is 15.4. The summed E-state index contributed by atoms with van der Waals surface area (Å²) in [4.78, 5) is 27.1. The number of thiocarbonyl (C=S) groups is 1. The standard InChI is InChI=1S/C23H19ClN4O2S4/c1-14-3-2-4-16(11-14)13-32-22-27-26-21(34-22)25-19(29)9-10-28-20(30)18(33-23(28)31)12-15-5-7-17(24)8-6-15/h2-8,11-12H,9-10,13H2,1H3,(H,25,26,29)/b18-12-. The fraction of sp³-hybridized carbons (Fsp3) is 0.174. The second-order valence-electron chi connectivity index (χ2n) is 7.33. The Morgan fingerprint density at radius 2 is 2.03 bits per heavy atom. The van der Waals surface area contributed by atoms with Crippen molar-refractivity contribution < 1.29 is 9.59 Å². The van der Waals surface area contributed by atoms with Gasteiger partial charge in [0.25, 0.3) is 5.91 Å². The molecule has 0 unspecified atom stereocenters. The third-order valence-corrected chi connectivity index (χ3v) is 8.37. The number of halogens is 1. The highest BCUT2D eigenvalue weighted by Gasteiger charge is 2.32. The third-order valence-electron chi connectivity index (χ3n) is 4.70. The number of rotatable bonds is 8. The number of amides is 2. The predicted molar refractivity (Wildman–Crippen MR) is 145 cm³/mol. The smallest absolute Gasteiger partial charge is 0.266 e. The van der Waals surface area contributed by atoms with Gasteiger partial charge in [-0.2, -0.15) is 0 Å². The molecule has 34 heavy (non-hydrogen) atoms. The van der Waals surface area contributed by atoms with E-state index in [0.29, 0.717) is 19.4 Å². The number of carbonyl (C=O) groups is 2. The first kappa shape index (κ1) is 24.9. The Labute approximate surface area is 220 Å². The monoisotopic (exact) mass is 546 g/mol. The van der Waals surface area contributed by atoms with Crippen LogP contribution in [0.4, 0.5) is 5.13 Å². The summed E-state index contributed by atoms with van der Waals surface area (Å²) in [7, 11) is 0. The number of nitrogens with one attached hydrogen (secondary N) is 1. The van der Waals surface area contributed by atoms with Crippen molar-refractivity contribution in [3.63, 3.8) is 0 Å². The number of anilines is 1. The summed E-state index contributed by atoms with van der Waals surface area (Å²) in [5, 5.41) is 12.0. The lowest BCUT2D eigenvalue weighted by Crippen LogP contribution is -2.31. The highest BCUT2D eigenvalue weighted by atomic mass is 35.5. The zero-order valence-electron chi connectivity index (χ0n) is 18.0. The van der Waals surface area contributed by atoms with Gasteiger partial charge >= 0.3 is 0 Å². The van der Waals surface area contributed by atoms with E-state index >= 15 is 0 Å². The molecule has 11 heteroatoms. The predicted octanol–water partition coefficient (Wildman–Crippen LogP) is 6.02. The van der Waals surface area contributed by atoms with Crippen LogP contribution in [0.25, 0.3) is 6.08 Å². The summed E-state index contributed by atoms with van der Waals surface area (Å²) in [6, 6.07) is 15.5. The Morgan fingerprint density at radius 3 is 2.79 bits per heavy atom. The van der Waals surface area contributed by atoms with Gasteiger partial charge in [-0.1, -0.05) is 101 Å². The zero-order valence-corrected chi connectivity index (χ0v) is 22.0. The van der Waals surface area contributed by atoms with Crippen LogP contribution in [0, 0.1) is 6.92 Å². The summed E-state index contributed by atoms with van der Waals surface area (Å²) < 4.78 is 1.21. The highest BCUT2D eigenvalue weighted by Crippen LogP contribution is 2.33. The molecule has 1 fully saturated rings. The minimum Gasteiger partial charge on any atom is -0.300 e. The van der Waals surface area contributed by atoms with E-state index in [2.05, 4.69) is 40.6 Å². The fourth-order valence-corrected chi connectivity index (χ4v) is 6.21. The topological polar surface area (TPSA) is 75.2 Å². The zero-order chi connectivity index (χ0) is 24.1. The first-order chi connectivity index (χ1) is 16.4. The summed E-state index contributed by atoms with van der Waals surface area (Å²) in [6.07, 6.45) is 1.87. The van der Waals surface area contributed by atoms with Crippen LogP contribution >= 0.6 is 58.7 Å². The molecule has 1 saturated heterocycles. The molecule has 0 saturated carbocycles. The van der Waals surface area contributed by atoms with Gasteiger partial charge in [0.1, 0.15) is 4.32 Å². The number of thioether (sulfide) groups is 2. The van der Waals surface area contributed by atoms with Gasteiger partial charge < -0.3 is 5.32 Å². The molecular weight excluding hydrogens is 528 g/mol. The number of nitrogens with zero attached hydrogens (tertiary/aromatic N) is 3. The van der Waals surface area contributed by atoms with Crippen molar-refractivity contribution in [2.24, 2.45) is 0 Å². The second kappa shape index (κ2) is 11.5. The maximum atomic E-state index is 12.7. The Balaban J connectivity index is 1.27. The van der Waals surface area contributed by atoms with E-state index in [1.54, 1.807) is 30.0 Å². The molecular formula is C23H19ClN4O2S4. The van der Waals surface area contributed by atoms with E-state index in [4.69, 9.17) is 23.8 Å². The minimum atomic E-state index is -0.248. The highest BCUT2D eigenvalue weighted by molar-refractivity contribution is 8.26. The maximum Gasteiger partial charge on any atom is 0.266 e. The molecule has 1 N–H and O–H groups in total. The number of aryl methyl sites for hydroxylation is 1. The molecule has 1 aliphatic heterocycles. The van der Waals surface area contributed by atoms with Crippen LogP contribution in [-0.4, -0.2) is 37.8 Å². The van der Waals surface area contributed by atoms with Crippen molar-refractivity contribution >= 4 is 86.0 Å². The van der Waals surface area contributed by atoms with Gasteiger partial charge in [-0.05, 0) is 36.3 Å². The Morgan fingerprint density at radius 1 is 1.24 bits per heavy atom. The number of hydrogen-bond acceptors (Lipinski definition) is 8. The Hall–Kier alpha value is -2.24. The maximum absolute atomic E-state index is 12.7. The summed E-state index contributed by atoms with van der Waals surface area (Å²) in [5.74, 6) is 0.327. The van der Waals surface area contributed by atoms with E-state index < -0.39 is 0 Å². The second-order valence-corrected chi connectivity index (χ2v) is 11.6. The molecule has 0 atom stereocenters. The molecule has 4 rings (SSSR count). The van der Waals surface area contributed by atoms with Crippen LogP contribution in [-0.2, 0) is 15.3 Å². The van der Waals surface area contributed by atoms with Crippen LogP contribution in [0.3, 0.4) is 0 Å². The lowest BCUT2D eigenvalue weighted by atomic mass is 10.2. The van der Waals surface area contributed by atoms with Gasteiger partial charge in [-0.3, -0.25) is 14.5 Å². The SMILES string of the molecule is Cc1cccc(CSc2nnc(NC(=O)CCN3C(=O)/C(=C/c4ccc(Cl)cc4)SC3=S)s2)c1. The van der Waals surface area contributed by atoms with Crippen molar-refractivity contribution in [2.45, 2.75) is 23.4 Å². The van der Waals surface area contributed by atoms with Crippen molar-refractivity contribution in [3.05, 3.63) is 75.1 Å². The van der Waals surface area contributed by atoms with Crippen molar-refractivity contribution in [1.29, 1.82) is 0 Å². The number of hydrogen-bond donors (Lipinski definition) is 1. The molecule has 2 heterocycles. The normalized spacial score (nSPS) is 14.8. The number of carbonyl (C=O) groups excluding carboxylic acids is 2. The van der Waals surface area contributed by atoms with Crippen molar-refractivity contribution in [2.75, 3.05) is 11.9 Å². The van der Waals surface area contributed by atoms with Crippen molar-refractivity contribution in [3.8, 4) is 0 Å². The molecule has 6 nitrogen and oxygen atoms in total. The first-order valence-corrected chi connectivity index (χ1v) is 13.6. The molecule has 1 aromatic heterocycles. The van der Waals surface area contributed by atoms with E-state index in [9.17, 15) is 9.59 Å². The molecule has 1 aliphatic rings. The Kier molecular flexibility index (Phi) is 8.38. The van der Waals surface area contributed by atoms with Gasteiger partial charge in [0, 0.05) is 23.7 Å². The largest absolute Gasteiger partial charge is 0.300 e. The van der Waals surface area contributed by atoms with E-state index in [0.717, 1.165) is 15.7 Å². The Bertz CT molecular complexity index is 1260. The lowest BCUT2D eigenvalue weighted by Gasteiger charge is -2.13. The fourth-order valence-electron chi connectivity index (χ4n) is 3.06. The van der Waals surface area contributed by atoms with Crippen LogP contribution < -0.4 is 5.32 Å². The van der Waals surface area contributed by atoms with Crippen LogP contribution in [0.1, 0.15) is 23.1 Å². The van der Waals surface area contributed by atoms with Crippen molar-refractivity contribution in [1.82, 2.24) is 15.1 Å². The minimum absolute atomic E-state index is 0.103. The summed E-state index contributed by atoms with van der Waals surface area (Å²) in [5.41, 5.74) is 3.28. The first-order valence-electron chi connectivity index (χ1n) is 10.2. The van der Waals surface area contributed by atoms with E-state index in [1.165, 1.54) is 39.1 Å². The van der Waals surface area contributed by atoms with Gasteiger partial charge in [-0.15, -0.1) is 10.2 Å². The molecule has 174 valence electrons. The van der Waals surface area contributed by atoms with Crippen LogP contribution in [0.15, 0.2) is 57.8 Å². The van der Waals surface area contributed by atoms with Gasteiger partial charge in [-0.25, -0.2) is 0 Å². The average Bonchev–Trinajstić information content (AvgIpc) is 3.36. The van der Waals surface area contributed by atoms with Crippen LogP contribution in [0.5, 0.6) is 0 Å². The van der Waals surface area contributed by atoms with E-state index in [-0.39, 0.29) is 24.8 Å². The number of benzene rings is 2. The van der Waals surface area contributed by atoms with E-state index in [1.807, 2.05) is 18.2 Å². The average molecular weight is 547 g/mol. The summed E-state index contributed by atoms with van der Waals surface area (Å²) in [6.45, 7) is 2.26. The molecule has 2 amide bonds. The quantitative estimate of drug-likeness (QED) is 0.160. The van der Waals surface area contributed by atoms with Gasteiger partial charge in [0.05, 0.1) is 4.91 Å². The molecule has 3 aromatic rings. The number of aromatic nitrogens is 2. The molecule has 0 aliphatic carbocycles. The molecule has 0 radical (unpaired) electrons. The lowest BCUT2D eigenvalue weighted by molar-refractivity contribution is -0.122. The van der Waals surface area contributed by atoms with Crippen LogP contribution in [0.2, 0.25) is 5.02 Å². The van der Waals surface area contributed by atoms with Gasteiger partial charge in [0.2, 0.25) is 11.0 Å².